The van der Waals surface area contributed by atoms with Crippen LogP contribution in [0.1, 0.15) is 25.8 Å². The monoisotopic (exact) mass is 311 g/mol. The number of carbonyl (C=O) groups is 2. The topological polar surface area (TPSA) is 70.2 Å². The van der Waals surface area contributed by atoms with E-state index in [0.717, 1.165) is 11.3 Å². The van der Waals surface area contributed by atoms with Crippen LogP contribution in [0.4, 0.5) is 17.1 Å². The summed E-state index contributed by atoms with van der Waals surface area (Å²) in [6.45, 7) is 3.90. The lowest BCUT2D eigenvalue weighted by molar-refractivity contribution is -0.116. The van der Waals surface area contributed by atoms with Gasteiger partial charge in [0.2, 0.25) is 11.8 Å². The first-order valence-electron chi connectivity index (χ1n) is 7.57. The van der Waals surface area contributed by atoms with Crippen molar-refractivity contribution < 1.29 is 9.59 Å². The first-order valence-corrected chi connectivity index (χ1v) is 7.57. The van der Waals surface area contributed by atoms with Crippen molar-refractivity contribution in [2.75, 3.05) is 16.0 Å². The molecule has 5 heteroatoms. The van der Waals surface area contributed by atoms with Crippen LogP contribution >= 0.6 is 0 Å². The van der Waals surface area contributed by atoms with Gasteiger partial charge in [0.15, 0.2) is 0 Å². The van der Waals surface area contributed by atoms with Crippen LogP contribution in [0.15, 0.2) is 48.5 Å². The van der Waals surface area contributed by atoms with Gasteiger partial charge in [0.25, 0.3) is 0 Å². The summed E-state index contributed by atoms with van der Waals surface area (Å²) in [7, 11) is 0. The van der Waals surface area contributed by atoms with Crippen molar-refractivity contribution in [1.82, 2.24) is 0 Å². The van der Waals surface area contributed by atoms with Gasteiger partial charge in [-0.2, -0.15) is 0 Å². The predicted octanol–water partition coefficient (Wildman–Crippen LogP) is 3.61. The van der Waals surface area contributed by atoms with Crippen molar-refractivity contribution >= 4 is 28.9 Å². The quantitative estimate of drug-likeness (QED) is 0.763. The van der Waals surface area contributed by atoms with Crippen molar-refractivity contribution in [2.45, 2.75) is 26.8 Å². The summed E-state index contributed by atoms with van der Waals surface area (Å²) in [4.78, 5) is 22.9. The Bertz CT molecular complexity index is 684. The third kappa shape index (κ3) is 5.47. The lowest BCUT2D eigenvalue weighted by atomic mass is 10.2. The number of nitrogens with one attached hydrogen (secondary N) is 3. The molecule has 0 spiro atoms. The van der Waals surface area contributed by atoms with Gasteiger partial charge in [-0.3, -0.25) is 9.59 Å². The first-order chi connectivity index (χ1) is 11.1. The molecule has 2 aromatic carbocycles. The molecule has 0 unspecified atom stereocenters. The Labute approximate surface area is 136 Å². The van der Waals surface area contributed by atoms with E-state index in [2.05, 4.69) is 16.0 Å². The van der Waals surface area contributed by atoms with Gasteiger partial charge in [-0.1, -0.05) is 37.3 Å². The molecule has 0 saturated carbocycles. The van der Waals surface area contributed by atoms with E-state index in [1.54, 1.807) is 13.0 Å². The Balaban J connectivity index is 2.17. The third-order valence-electron chi connectivity index (χ3n) is 3.20. The highest BCUT2D eigenvalue weighted by molar-refractivity contribution is 5.94. The first kappa shape index (κ1) is 16.5. The van der Waals surface area contributed by atoms with Gasteiger partial charge < -0.3 is 16.0 Å². The molecule has 5 nitrogen and oxygen atoms in total. The van der Waals surface area contributed by atoms with Crippen molar-refractivity contribution in [1.29, 1.82) is 0 Å². The second-order valence-corrected chi connectivity index (χ2v) is 5.22. The third-order valence-corrected chi connectivity index (χ3v) is 3.20. The van der Waals surface area contributed by atoms with Crippen molar-refractivity contribution in [3.63, 3.8) is 0 Å². The lowest BCUT2D eigenvalue weighted by Crippen LogP contribution is -2.11. The minimum absolute atomic E-state index is 0.0704. The molecule has 0 aliphatic rings. The van der Waals surface area contributed by atoms with E-state index in [0.29, 0.717) is 24.3 Å². The number of hydrogen-bond acceptors (Lipinski definition) is 3. The van der Waals surface area contributed by atoms with Crippen LogP contribution in [-0.4, -0.2) is 11.8 Å². The van der Waals surface area contributed by atoms with Crippen molar-refractivity contribution in [3.05, 3.63) is 54.1 Å². The van der Waals surface area contributed by atoms with Crippen molar-refractivity contribution in [2.24, 2.45) is 0 Å². The van der Waals surface area contributed by atoms with Crippen LogP contribution in [0.3, 0.4) is 0 Å². The Kier molecular flexibility index (Phi) is 5.74. The second kappa shape index (κ2) is 7.98. The molecule has 2 aromatic rings. The number of amides is 2. The second-order valence-electron chi connectivity index (χ2n) is 5.22. The molecule has 0 heterocycles. The maximum Gasteiger partial charge on any atom is 0.224 e. The van der Waals surface area contributed by atoms with Crippen LogP contribution in [0, 0.1) is 0 Å². The van der Waals surface area contributed by atoms with E-state index in [4.69, 9.17) is 0 Å². The molecule has 0 aliphatic carbocycles. The van der Waals surface area contributed by atoms with E-state index >= 15 is 0 Å². The minimum atomic E-state index is -0.155. The van der Waals surface area contributed by atoms with Crippen LogP contribution in [-0.2, 0) is 16.1 Å². The van der Waals surface area contributed by atoms with E-state index in [9.17, 15) is 9.59 Å². The van der Waals surface area contributed by atoms with Crippen LogP contribution in [0.2, 0.25) is 0 Å². The lowest BCUT2D eigenvalue weighted by Gasteiger charge is -2.13. The molecule has 0 saturated heterocycles. The molecular formula is C18H21N3O2. The smallest absolute Gasteiger partial charge is 0.224 e. The van der Waals surface area contributed by atoms with Gasteiger partial charge in [-0.15, -0.1) is 0 Å². The van der Waals surface area contributed by atoms with Gasteiger partial charge >= 0.3 is 0 Å². The van der Waals surface area contributed by atoms with Gasteiger partial charge in [0, 0.05) is 37.0 Å². The average Bonchev–Trinajstić information content (AvgIpc) is 2.53. The maximum atomic E-state index is 11.6. The molecule has 23 heavy (non-hydrogen) atoms. The van der Waals surface area contributed by atoms with E-state index in [1.165, 1.54) is 6.92 Å². The van der Waals surface area contributed by atoms with Crippen LogP contribution < -0.4 is 16.0 Å². The minimum Gasteiger partial charge on any atom is -0.381 e. The molecule has 0 aliphatic heterocycles. The van der Waals surface area contributed by atoms with E-state index in [1.807, 2.05) is 42.5 Å². The molecule has 0 fully saturated rings. The van der Waals surface area contributed by atoms with E-state index < -0.39 is 0 Å². The summed E-state index contributed by atoms with van der Waals surface area (Å²) in [6, 6.07) is 15.4. The summed E-state index contributed by atoms with van der Waals surface area (Å²) in [6.07, 6.45) is 0.400. The highest BCUT2D eigenvalue weighted by Crippen LogP contribution is 2.23. The molecule has 0 bridgehead atoms. The highest BCUT2D eigenvalue weighted by Gasteiger charge is 2.05. The van der Waals surface area contributed by atoms with Gasteiger partial charge in [-0.05, 0) is 23.8 Å². The number of benzene rings is 2. The zero-order chi connectivity index (χ0) is 16.7. The van der Waals surface area contributed by atoms with Crippen LogP contribution in [0.5, 0.6) is 0 Å². The molecule has 0 radical (unpaired) electrons. The van der Waals surface area contributed by atoms with Crippen molar-refractivity contribution in [3.8, 4) is 0 Å². The molecule has 0 aromatic heterocycles. The Morgan fingerprint density at radius 1 is 0.913 bits per heavy atom. The summed E-state index contributed by atoms with van der Waals surface area (Å²) >= 11 is 0. The zero-order valence-corrected chi connectivity index (χ0v) is 13.3. The predicted molar refractivity (Wildman–Crippen MR) is 93.4 cm³/mol. The van der Waals surface area contributed by atoms with Crippen LogP contribution in [0.25, 0.3) is 0 Å². The molecule has 3 N–H and O–H groups in total. The molecule has 0 atom stereocenters. The number of hydrogen-bond donors (Lipinski definition) is 3. The van der Waals surface area contributed by atoms with E-state index in [-0.39, 0.29) is 11.8 Å². The molecule has 2 amide bonds. The molecular weight excluding hydrogens is 290 g/mol. The fourth-order valence-corrected chi connectivity index (χ4v) is 2.13. The van der Waals surface area contributed by atoms with Gasteiger partial charge in [-0.25, -0.2) is 0 Å². The standard InChI is InChI=1S/C18H21N3O2/c1-3-18(23)21-17-10-15(9-16(11-17)20-13(2)22)19-12-14-7-5-4-6-8-14/h4-11,19H,3,12H2,1-2H3,(H,20,22)(H,21,23). The fraction of sp³-hybridized carbons (Fsp3) is 0.222. The number of rotatable bonds is 6. The highest BCUT2D eigenvalue weighted by atomic mass is 16.2. The SMILES string of the molecule is CCC(=O)Nc1cc(NCc2ccccc2)cc(NC(C)=O)c1. The summed E-state index contributed by atoms with van der Waals surface area (Å²) < 4.78 is 0. The Morgan fingerprint density at radius 2 is 1.52 bits per heavy atom. The largest absolute Gasteiger partial charge is 0.381 e. The Hall–Kier alpha value is -2.82. The number of carbonyl (C=O) groups excluding carboxylic acids is 2. The zero-order valence-electron chi connectivity index (χ0n) is 13.3. The number of anilines is 3. The molecule has 2 rings (SSSR count). The van der Waals surface area contributed by atoms with Gasteiger partial charge in [0.05, 0.1) is 0 Å². The summed E-state index contributed by atoms with van der Waals surface area (Å²) in [5.74, 6) is -0.225. The summed E-state index contributed by atoms with van der Waals surface area (Å²) in [5, 5.41) is 8.86. The normalized spacial score (nSPS) is 10.0. The average molecular weight is 311 g/mol. The molecule has 120 valence electrons. The van der Waals surface area contributed by atoms with Gasteiger partial charge in [0.1, 0.15) is 0 Å². The summed E-state index contributed by atoms with van der Waals surface area (Å²) in [5.41, 5.74) is 3.27. The Morgan fingerprint density at radius 3 is 2.13 bits per heavy atom. The maximum absolute atomic E-state index is 11.6. The fourth-order valence-electron chi connectivity index (χ4n) is 2.13.